The van der Waals surface area contributed by atoms with Gasteiger partial charge in [-0.25, -0.2) is 0 Å². The molecule has 0 aromatic heterocycles. The summed E-state index contributed by atoms with van der Waals surface area (Å²) >= 11 is 0. The Balaban J connectivity index is 2.35. The second kappa shape index (κ2) is 4.31. The number of hydrogen-bond donors (Lipinski definition) is 2. The molecule has 0 unspecified atom stereocenters. The largest absolute Gasteiger partial charge is 0.507 e. The fraction of sp³-hybridized carbons (Fsp3) is 0. The van der Waals surface area contributed by atoms with Crippen LogP contribution in [0.4, 0.5) is 5.69 Å². The maximum Gasteiger partial charge on any atom is 0.211 e. The van der Waals surface area contributed by atoms with Gasteiger partial charge in [-0.2, -0.15) is 0 Å². The number of carbonyl (C=O) groups is 3. The van der Waals surface area contributed by atoms with Gasteiger partial charge in [-0.3, -0.25) is 14.4 Å². The molecule has 0 saturated heterocycles. The summed E-state index contributed by atoms with van der Waals surface area (Å²) in [5, 5.41) is 12.3. The summed E-state index contributed by atoms with van der Waals surface area (Å²) in [7, 11) is 0. The topological polar surface area (TPSA) is 83.5 Å². The molecule has 1 aliphatic rings. The summed E-state index contributed by atoms with van der Waals surface area (Å²) < 4.78 is 0. The second-order valence-corrected chi connectivity index (χ2v) is 4.35. The van der Waals surface area contributed by atoms with Crippen molar-refractivity contribution < 1.29 is 19.5 Å². The van der Waals surface area contributed by atoms with E-state index in [1.165, 1.54) is 18.2 Å². The van der Waals surface area contributed by atoms with Crippen molar-refractivity contribution in [2.24, 2.45) is 0 Å². The zero-order chi connectivity index (χ0) is 14.3. The average molecular weight is 267 g/mol. The summed E-state index contributed by atoms with van der Waals surface area (Å²) in [6, 6.07) is 9.07. The van der Waals surface area contributed by atoms with Crippen LogP contribution in [0.1, 0.15) is 31.8 Å². The van der Waals surface area contributed by atoms with E-state index in [0.29, 0.717) is 6.41 Å². The Bertz CT molecular complexity index is 764. The molecule has 0 atom stereocenters. The molecule has 2 N–H and O–H groups in total. The highest BCUT2D eigenvalue weighted by molar-refractivity contribution is 6.31. The van der Waals surface area contributed by atoms with Gasteiger partial charge in [-0.1, -0.05) is 24.3 Å². The zero-order valence-corrected chi connectivity index (χ0v) is 10.2. The lowest BCUT2D eigenvalue weighted by Gasteiger charge is -2.20. The van der Waals surface area contributed by atoms with Crippen molar-refractivity contribution >= 4 is 23.7 Å². The molecule has 5 heteroatoms. The van der Waals surface area contributed by atoms with E-state index >= 15 is 0 Å². The molecule has 1 aliphatic carbocycles. The molecule has 0 aliphatic heterocycles. The number of aromatic hydroxyl groups is 1. The predicted octanol–water partition coefficient (Wildman–Crippen LogP) is 1.74. The standard InChI is InChI=1S/C15H9NO4/c17-7-16-10-5-6-11(18)13-12(10)14(19)8-3-1-2-4-9(8)15(13)20/h1-7,18H,(H,16,17). The zero-order valence-electron chi connectivity index (χ0n) is 10.2. The minimum atomic E-state index is -0.428. The number of fused-ring (bicyclic) bond motifs is 2. The molecule has 2 aromatic rings. The number of anilines is 1. The van der Waals surface area contributed by atoms with Crippen LogP contribution in [-0.4, -0.2) is 23.1 Å². The van der Waals surface area contributed by atoms with Gasteiger partial charge in [-0.05, 0) is 12.1 Å². The smallest absolute Gasteiger partial charge is 0.211 e. The van der Waals surface area contributed by atoms with E-state index < -0.39 is 11.6 Å². The lowest BCUT2D eigenvalue weighted by Crippen LogP contribution is -2.22. The summed E-state index contributed by atoms with van der Waals surface area (Å²) in [5.41, 5.74) is 0.690. The predicted molar refractivity (Wildman–Crippen MR) is 71.1 cm³/mol. The third kappa shape index (κ3) is 1.53. The van der Waals surface area contributed by atoms with Gasteiger partial charge < -0.3 is 10.4 Å². The van der Waals surface area contributed by atoms with Gasteiger partial charge in [0, 0.05) is 11.1 Å². The van der Waals surface area contributed by atoms with Crippen LogP contribution in [0.2, 0.25) is 0 Å². The highest BCUT2D eigenvalue weighted by Crippen LogP contribution is 2.36. The van der Waals surface area contributed by atoms with Crippen LogP contribution in [0.25, 0.3) is 0 Å². The van der Waals surface area contributed by atoms with Crippen LogP contribution in [0.15, 0.2) is 36.4 Å². The van der Waals surface area contributed by atoms with Gasteiger partial charge in [-0.15, -0.1) is 0 Å². The number of hydrogen-bond acceptors (Lipinski definition) is 4. The number of phenols is 1. The molecule has 20 heavy (non-hydrogen) atoms. The van der Waals surface area contributed by atoms with E-state index in [1.807, 2.05) is 0 Å². The fourth-order valence-corrected chi connectivity index (χ4v) is 2.39. The molecule has 1 amide bonds. The third-order valence-corrected chi connectivity index (χ3v) is 3.27. The minimum Gasteiger partial charge on any atom is -0.507 e. The van der Waals surface area contributed by atoms with E-state index in [-0.39, 0.29) is 33.7 Å². The lowest BCUT2D eigenvalue weighted by molar-refractivity contribution is -0.105. The third-order valence-electron chi connectivity index (χ3n) is 3.27. The highest BCUT2D eigenvalue weighted by atomic mass is 16.3. The molecule has 98 valence electrons. The van der Waals surface area contributed by atoms with Crippen LogP contribution >= 0.6 is 0 Å². The molecule has 0 heterocycles. The van der Waals surface area contributed by atoms with Crippen molar-refractivity contribution in [2.75, 3.05) is 5.32 Å². The maximum atomic E-state index is 12.5. The molecule has 5 nitrogen and oxygen atoms in total. The Morgan fingerprint density at radius 1 is 0.900 bits per heavy atom. The Morgan fingerprint density at radius 3 is 2.10 bits per heavy atom. The number of nitrogens with one attached hydrogen (secondary N) is 1. The van der Waals surface area contributed by atoms with Crippen molar-refractivity contribution in [3.63, 3.8) is 0 Å². The van der Waals surface area contributed by atoms with Crippen LogP contribution in [0.3, 0.4) is 0 Å². The van der Waals surface area contributed by atoms with Crippen molar-refractivity contribution in [3.05, 3.63) is 58.7 Å². The molecule has 2 aromatic carbocycles. The van der Waals surface area contributed by atoms with Gasteiger partial charge >= 0.3 is 0 Å². The van der Waals surface area contributed by atoms with E-state index in [9.17, 15) is 19.5 Å². The molecule has 3 rings (SSSR count). The second-order valence-electron chi connectivity index (χ2n) is 4.35. The maximum absolute atomic E-state index is 12.5. The molecular weight excluding hydrogens is 258 g/mol. The Morgan fingerprint density at radius 2 is 1.50 bits per heavy atom. The molecule has 0 bridgehead atoms. The number of carbonyl (C=O) groups excluding carboxylic acids is 3. The summed E-state index contributed by atoms with van der Waals surface area (Å²) in [6.07, 6.45) is 0.422. The van der Waals surface area contributed by atoms with Crippen molar-refractivity contribution in [1.82, 2.24) is 0 Å². The molecule has 0 spiro atoms. The molecular formula is C15H9NO4. The van der Waals surface area contributed by atoms with E-state index in [4.69, 9.17) is 0 Å². The molecule has 0 saturated carbocycles. The highest BCUT2D eigenvalue weighted by Gasteiger charge is 2.33. The summed E-state index contributed by atoms with van der Waals surface area (Å²) in [4.78, 5) is 35.5. The molecule has 0 radical (unpaired) electrons. The summed E-state index contributed by atoms with van der Waals surface area (Å²) in [6.45, 7) is 0. The number of phenolic OH excluding ortho intramolecular Hbond substituents is 1. The van der Waals surface area contributed by atoms with Crippen molar-refractivity contribution in [3.8, 4) is 5.75 Å². The first-order valence-corrected chi connectivity index (χ1v) is 5.89. The van der Waals surface area contributed by atoms with Crippen LogP contribution < -0.4 is 5.32 Å². The van der Waals surface area contributed by atoms with E-state index in [1.54, 1.807) is 18.2 Å². The first-order valence-electron chi connectivity index (χ1n) is 5.89. The summed E-state index contributed by atoms with van der Waals surface area (Å²) in [5.74, 6) is -1.10. The minimum absolute atomic E-state index is 0.0285. The normalized spacial score (nSPS) is 12.6. The van der Waals surface area contributed by atoms with Crippen LogP contribution in [0.5, 0.6) is 5.75 Å². The van der Waals surface area contributed by atoms with Gasteiger partial charge in [0.15, 0.2) is 11.6 Å². The number of amides is 1. The van der Waals surface area contributed by atoms with Crippen LogP contribution in [-0.2, 0) is 4.79 Å². The van der Waals surface area contributed by atoms with E-state index in [0.717, 1.165) is 0 Å². The first-order chi connectivity index (χ1) is 9.65. The lowest BCUT2D eigenvalue weighted by atomic mass is 9.83. The first kappa shape index (κ1) is 12.1. The average Bonchev–Trinajstić information content (AvgIpc) is 2.47. The van der Waals surface area contributed by atoms with Gasteiger partial charge in [0.1, 0.15) is 5.75 Å². The SMILES string of the molecule is O=CNc1ccc(O)c2c1C(=O)c1ccccc1C2=O. The van der Waals surface area contributed by atoms with E-state index in [2.05, 4.69) is 5.32 Å². The number of benzene rings is 2. The Hall–Kier alpha value is -2.95. The Kier molecular flexibility index (Phi) is 2.61. The van der Waals surface area contributed by atoms with Gasteiger partial charge in [0.2, 0.25) is 6.41 Å². The quantitative estimate of drug-likeness (QED) is 0.547. The molecule has 0 fully saturated rings. The monoisotopic (exact) mass is 267 g/mol. The number of rotatable bonds is 2. The number of ketones is 2. The van der Waals surface area contributed by atoms with Gasteiger partial charge in [0.05, 0.1) is 16.8 Å². The van der Waals surface area contributed by atoms with Crippen LogP contribution in [0, 0.1) is 0 Å². The fourth-order valence-electron chi connectivity index (χ4n) is 2.39. The van der Waals surface area contributed by atoms with Crippen molar-refractivity contribution in [1.29, 1.82) is 0 Å². The Labute approximate surface area is 113 Å². The van der Waals surface area contributed by atoms with Gasteiger partial charge in [0.25, 0.3) is 0 Å². The van der Waals surface area contributed by atoms with Crippen molar-refractivity contribution in [2.45, 2.75) is 0 Å².